The van der Waals surface area contributed by atoms with Crippen molar-refractivity contribution in [3.63, 3.8) is 0 Å². The van der Waals surface area contributed by atoms with Crippen LogP contribution in [-0.2, 0) is 27.4 Å². The Morgan fingerprint density at radius 3 is 2.23 bits per heavy atom. The van der Waals surface area contributed by atoms with Gasteiger partial charge in [-0.2, -0.15) is 0 Å². The Hall–Kier alpha value is -3.88. The van der Waals surface area contributed by atoms with E-state index in [-0.39, 0.29) is 31.0 Å². The van der Waals surface area contributed by atoms with Crippen LogP contribution in [0, 0.1) is 0 Å². The summed E-state index contributed by atoms with van der Waals surface area (Å²) in [5.74, 6) is -0.724. The van der Waals surface area contributed by atoms with Crippen LogP contribution in [0.15, 0.2) is 60.7 Å². The van der Waals surface area contributed by atoms with E-state index in [0.717, 1.165) is 36.8 Å². The average molecular weight is 549 g/mol. The molecule has 4 rings (SSSR count). The van der Waals surface area contributed by atoms with Gasteiger partial charge >= 0.3 is 18.0 Å². The van der Waals surface area contributed by atoms with E-state index in [1.54, 1.807) is 7.05 Å². The largest absolute Gasteiger partial charge is 0.459 e. The number of hydrogen-bond acceptors (Lipinski definition) is 5. The van der Waals surface area contributed by atoms with Gasteiger partial charge in [0, 0.05) is 19.6 Å². The van der Waals surface area contributed by atoms with E-state index >= 15 is 0 Å². The molecule has 0 bridgehead atoms. The molecule has 9 nitrogen and oxygen atoms in total. The summed E-state index contributed by atoms with van der Waals surface area (Å²) in [6.45, 7) is 0.364. The number of likely N-dealkylation sites (tertiary alicyclic amines) is 1. The topological polar surface area (TPSA) is 108 Å². The van der Waals surface area contributed by atoms with Crippen molar-refractivity contribution in [1.82, 2.24) is 20.4 Å². The van der Waals surface area contributed by atoms with Gasteiger partial charge in [0.05, 0.1) is 12.6 Å². The van der Waals surface area contributed by atoms with Crippen molar-refractivity contribution in [3.8, 4) is 0 Å². The minimum atomic E-state index is -0.800. The van der Waals surface area contributed by atoms with Crippen LogP contribution in [0.1, 0.15) is 56.1 Å². The van der Waals surface area contributed by atoms with Crippen molar-refractivity contribution in [1.29, 1.82) is 0 Å². The number of carbonyl (C=O) groups excluding carboxylic acids is 4. The zero-order valence-corrected chi connectivity index (χ0v) is 23.2. The first-order chi connectivity index (χ1) is 19.4. The SMILES string of the molecule is CN(CC(=O)[C@H](Cc1ccccc1)NC(=O)NC1CCCCC1)C(=O)N1CCC[C@H]1C(=O)OCc1ccccc1. The van der Waals surface area contributed by atoms with Gasteiger partial charge in [-0.25, -0.2) is 14.4 Å². The number of ether oxygens (including phenoxy) is 1. The summed E-state index contributed by atoms with van der Waals surface area (Å²) in [6.07, 6.45) is 6.73. The lowest BCUT2D eigenvalue weighted by Crippen LogP contribution is -2.53. The smallest absolute Gasteiger partial charge is 0.329 e. The Kier molecular flexibility index (Phi) is 10.5. The first kappa shape index (κ1) is 29.1. The van der Waals surface area contributed by atoms with Crippen molar-refractivity contribution in [3.05, 3.63) is 71.8 Å². The molecule has 2 atom stereocenters. The number of nitrogens with one attached hydrogen (secondary N) is 2. The van der Waals surface area contributed by atoms with Gasteiger partial charge in [-0.05, 0) is 43.2 Å². The van der Waals surface area contributed by atoms with Gasteiger partial charge in [0.1, 0.15) is 12.6 Å². The number of benzene rings is 2. The minimum Gasteiger partial charge on any atom is -0.459 e. The van der Waals surface area contributed by atoms with Crippen LogP contribution in [0.2, 0.25) is 0 Å². The van der Waals surface area contributed by atoms with Crippen LogP contribution in [0.4, 0.5) is 9.59 Å². The molecule has 0 radical (unpaired) electrons. The van der Waals surface area contributed by atoms with Crippen molar-refractivity contribution in [2.45, 2.75) is 76.1 Å². The number of rotatable bonds is 10. The van der Waals surface area contributed by atoms with E-state index in [1.807, 2.05) is 60.7 Å². The second kappa shape index (κ2) is 14.5. The van der Waals surface area contributed by atoms with Crippen LogP contribution in [0.3, 0.4) is 0 Å². The van der Waals surface area contributed by atoms with E-state index in [0.29, 0.717) is 25.8 Å². The highest BCUT2D eigenvalue weighted by molar-refractivity contribution is 5.93. The maximum atomic E-state index is 13.4. The average Bonchev–Trinajstić information content (AvgIpc) is 3.47. The van der Waals surface area contributed by atoms with E-state index in [2.05, 4.69) is 10.6 Å². The predicted octanol–water partition coefficient (Wildman–Crippen LogP) is 4.06. The summed E-state index contributed by atoms with van der Waals surface area (Å²) in [7, 11) is 1.55. The molecule has 1 saturated heterocycles. The molecule has 0 unspecified atom stereocenters. The number of esters is 1. The highest BCUT2D eigenvalue weighted by atomic mass is 16.5. The molecule has 2 aromatic rings. The molecule has 4 amide bonds. The molecule has 0 spiro atoms. The number of urea groups is 2. The van der Waals surface area contributed by atoms with Crippen molar-refractivity contribution in [2.75, 3.05) is 20.1 Å². The van der Waals surface area contributed by atoms with Crippen LogP contribution in [-0.4, -0.2) is 71.9 Å². The molecular formula is C31H40N4O5. The Balaban J connectivity index is 1.35. The molecule has 9 heteroatoms. The molecule has 1 aliphatic carbocycles. The van der Waals surface area contributed by atoms with Gasteiger partial charge in [0.15, 0.2) is 5.78 Å². The third-order valence-electron chi connectivity index (χ3n) is 7.63. The quantitative estimate of drug-likeness (QED) is 0.436. The summed E-state index contributed by atoms with van der Waals surface area (Å²) in [6, 6.07) is 16.7. The van der Waals surface area contributed by atoms with Gasteiger partial charge < -0.3 is 25.2 Å². The summed E-state index contributed by atoms with van der Waals surface area (Å²) < 4.78 is 5.49. The third kappa shape index (κ3) is 8.31. The number of ketones is 1. The van der Waals surface area contributed by atoms with Crippen molar-refractivity contribution >= 4 is 23.8 Å². The molecule has 2 aliphatic rings. The summed E-state index contributed by atoms with van der Waals surface area (Å²) >= 11 is 0. The molecule has 214 valence electrons. The highest BCUT2D eigenvalue weighted by Gasteiger charge is 2.37. The molecule has 2 aromatic carbocycles. The number of amides is 4. The van der Waals surface area contributed by atoms with Gasteiger partial charge in [-0.1, -0.05) is 79.9 Å². The van der Waals surface area contributed by atoms with Crippen molar-refractivity contribution in [2.24, 2.45) is 0 Å². The summed E-state index contributed by atoms with van der Waals surface area (Å²) in [5.41, 5.74) is 1.78. The molecule has 1 aliphatic heterocycles. The first-order valence-corrected chi connectivity index (χ1v) is 14.3. The molecule has 2 N–H and O–H groups in total. The van der Waals surface area contributed by atoms with Gasteiger partial charge in [0.25, 0.3) is 0 Å². The minimum absolute atomic E-state index is 0.110. The Bertz CT molecular complexity index is 1140. The van der Waals surface area contributed by atoms with E-state index in [9.17, 15) is 19.2 Å². The number of likely N-dealkylation sites (N-methyl/N-ethyl adjacent to an activating group) is 1. The molecule has 40 heavy (non-hydrogen) atoms. The number of Topliss-reactive ketones (excluding diaryl/α,β-unsaturated/α-hetero) is 1. The maximum Gasteiger partial charge on any atom is 0.329 e. The predicted molar refractivity (Wildman–Crippen MR) is 151 cm³/mol. The zero-order chi connectivity index (χ0) is 28.3. The number of hydrogen-bond donors (Lipinski definition) is 2. The third-order valence-corrected chi connectivity index (χ3v) is 7.63. The lowest BCUT2D eigenvalue weighted by atomic mass is 9.96. The number of nitrogens with zero attached hydrogens (tertiary/aromatic N) is 2. The lowest BCUT2D eigenvalue weighted by Gasteiger charge is -2.29. The summed E-state index contributed by atoms with van der Waals surface area (Å²) in [5, 5.41) is 5.87. The first-order valence-electron chi connectivity index (χ1n) is 14.3. The van der Waals surface area contributed by atoms with E-state index < -0.39 is 24.1 Å². The van der Waals surface area contributed by atoms with Gasteiger partial charge in [-0.3, -0.25) is 4.79 Å². The maximum absolute atomic E-state index is 13.4. The molecule has 1 saturated carbocycles. The van der Waals surface area contributed by atoms with Crippen LogP contribution in [0.25, 0.3) is 0 Å². The summed E-state index contributed by atoms with van der Waals surface area (Å²) in [4.78, 5) is 55.2. The fourth-order valence-corrected chi connectivity index (χ4v) is 5.42. The Morgan fingerprint density at radius 2 is 1.55 bits per heavy atom. The fourth-order valence-electron chi connectivity index (χ4n) is 5.42. The van der Waals surface area contributed by atoms with Gasteiger partial charge in [-0.15, -0.1) is 0 Å². The van der Waals surface area contributed by atoms with Crippen LogP contribution >= 0.6 is 0 Å². The Labute approximate surface area is 236 Å². The van der Waals surface area contributed by atoms with Crippen molar-refractivity contribution < 1.29 is 23.9 Å². The second-order valence-electron chi connectivity index (χ2n) is 10.7. The molecule has 1 heterocycles. The van der Waals surface area contributed by atoms with Crippen LogP contribution in [0.5, 0.6) is 0 Å². The lowest BCUT2D eigenvalue weighted by molar-refractivity contribution is -0.149. The van der Waals surface area contributed by atoms with Crippen LogP contribution < -0.4 is 10.6 Å². The normalized spacial score (nSPS) is 18.0. The highest BCUT2D eigenvalue weighted by Crippen LogP contribution is 2.21. The van der Waals surface area contributed by atoms with E-state index in [4.69, 9.17) is 4.74 Å². The zero-order valence-electron chi connectivity index (χ0n) is 23.2. The molecular weight excluding hydrogens is 508 g/mol. The second-order valence-corrected chi connectivity index (χ2v) is 10.7. The van der Waals surface area contributed by atoms with Gasteiger partial charge in [0.2, 0.25) is 0 Å². The molecule has 2 fully saturated rings. The monoisotopic (exact) mass is 548 g/mol. The standard InChI is InChI=1S/C31H40N4O5/c1-34(31(39)35-19-11-18-27(35)29(37)40-22-24-14-7-3-8-15-24)21-28(36)26(20-23-12-5-2-6-13-23)33-30(38)32-25-16-9-4-10-17-25/h2-3,5-8,12-15,25-27H,4,9-11,16-22H2,1H3,(H2,32,33,38)/t26-,27-/m0/s1. The number of carbonyl (C=O) groups is 4. The molecule has 0 aromatic heterocycles. The Morgan fingerprint density at radius 1 is 0.900 bits per heavy atom. The van der Waals surface area contributed by atoms with E-state index in [1.165, 1.54) is 16.2 Å². The fraction of sp³-hybridized carbons (Fsp3) is 0.484.